The molecule has 0 bridgehead atoms. The van der Waals surface area contributed by atoms with E-state index < -0.39 is 5.92 Å². The molecular formula is C20H24F2N2. The molecule has 1 aromatic heterocycles. The van der Waals surface area contributed by atoms with Crippen LogP contribution in [0.4, 0.5) is 8.78 Å². The summed E-state index contributed by atoms with van der Waals surface area (Å²) in [5, 5.41) is 3.47. The van der Waals surface area contributed by atoms with E-state index in [4.69, 9.17) is 0 Å². The van der Waals surface area contributed by atoms with E-state index in [1.165, 1.54) is 36.1 Å². The molecule has 0 aliphatic heterocycles. The molecule has 1 heterocycles. The molecule has 3 rings (SSSR count). The van der Waals surface area contributed by atoms with Gasteiger partial charge in [-0.2, -0.15) is 0 Å². The molecule has 0 saturated heterocycles. The van der Waals surface area contributed by atoms with Crippen molar-refractivity contribution in [3.05, 3.63) is 64.5 Å². The lowest BCUT2D eigenvalue weighted by atomic mass is 9.89. The predicted molar refractivity (Wildman–Crippen MR) is 92.1 cm³/mol. The Balaban J connectivity index is 1.67. The van der Waals surface area contributed by atoms with Gasteiger partial charge in [-0.1, -0.05) is 24.3 Å². The van der Waals surface area contributed by atoms with E-state index in [1.54, 1.807) is 12.1 Å². The minimum Gasteiger partial charge on any atom is -0.305 e. The normalized spacial score (nSPS) is 15.8. The van der Waals surface area contributed by atoms with Crippen LogP contribution in [0.25, 0.3) is 0 Å². The topological polar surface area (TPSA) is 24.9 Å². The second kappa shape index (κ2) is 6.98. The number of hydrogen-bond donors (Lipinski definition) is 1. The lowest BCUT2D eigenvalue weighted by molar-refractivity contribution is 0.0174. The summed E-state index contributed by atoms with van der Waals surface area (Å²) in [5.41, 5.74) is 5.00. The third-order valence-corrected chi connectivity index (χ3v) is 4.79. The number of pyridine rings is 1. The number of nitrogens with one attached hydrogen (secondary N) is 1. The average Bonchev–Trinajstić information content (AvgIpc) is 2.59. The lowest BCUT2D eigenvalue weighted by Crippen LogP contribution is -2.22. The minimum atomic E-state index is -2.79. The number of benzene rings is 1. The highest BCUT2D eigenvalue weighted by molar-refractivity contribution is 5.34. The Bertz CT molecular complexity index is 690. The first-order valence-electron chi connectivity index (χ1n) is 8.62. The number of nitrogens with zero attached hydrogens (tertiary/aromatic N) is 1. The van der Waals surface area contributed by atoms with Crippen molar-refractivity contribution >= 4 is 0 Å². The Hall–Kier alpha value is -1.81. The van der Waals surface area contributed by atoms with E-state index in [-0.39, 0.29) is 11.6 Å². The van der Waals surface area contributed by atoms with Crippen LogP contribution in [0.15, 0.2) is 36.5 Å². The molecule has 0 fully saturated rings. The maximum Gasteiger partial charge on any atom is 0.270 e. The van der Waals surface area contributed by atoms with Crippen LogP contribution in [0.5, 0.6) is 0 Å². The van der Waals surface area contributed by atoms with Gasteiger partial charge in [0.15, 0.2) is 0 Å². The molecule has 0 spiro atoms. The number of hydrogen-bond acceptors (Lipinski definition) is 2. The highest BCUT2D eigenvalue weighted by Gasteiger charge is 2.23. The summed E-state index contributed by atoms with van der Waals surface area (Å²) in [6, 6.07) is 8.81. The summed E-state index contributed by atoms with van der Waals surface area (Å²) in [4.78, 5) is 4.59. The average molecular weight is 330 g/mol. The highest BCUT2D eigenvalue weighted by Crippen LogP contribution is 2.28. The number of rotatable bonds is 5. The molecule has 1 N–H and O–H groups in total. The minimum absolute atomic E-state index is 0.0538. The molecule has 0 radical (unpaired) electrons. The van der Waals surface area contributed by atoms with Crippen LogP contribution in [-0.2, 0) is 25.3 Å². The van der Waals surface area contributed by atoms with Crippen molar-refractivity contribution in [2.45, 2.75) is 58.0 Å². The Morgan fingerprint density at radius 1 is 1.12 bits per heavy atom. The molecule has 2 aromatic rings. The molecule has 1 aliphatic carbocycles. The fourth-order valence-corrected chi connectivity index (χ4v) is 3.35. The monoisotopic (exact) mass is 330 g/mol. The number of aromatic nitrogens is 1. The van der Waals surface area contributed by atoms with E-state index >= 15 is 0 Å². The molecule has 1 unspecified atom stereocenters. The maximum atomic E-state index is 13.3. The van der Waals surface area contributed by atoms with Crippen molar-refractivity contribution in [3.63, 3.8) is 0 Å². The zero-order valence-corrected chi connectivity index (χ0v) is 14.3. The first-order chi connectivity index (χ1) is 11.4. The zero-order chi connectivity index (χ0) is 17.2. The molecule has 128 valence electrons. The van der Waals surface area contributed by atoms with Gasteiger partial charge in [-0.15, -0.1) is 0 Å². The summed E-state index contributed by atoms with van der Waals surface area (Å²) < 4.78 is 26.5. The lowest BCUT2D eigenvalue weighted by Gasteiger charge is -2.22. The smallest absolute Gasteiger partial charge is 0.270 e. The molecule has 1 atom stereocenters. The van der Waals surface area contributed by atoms with Crippen LogP contribution in [0.3, 0.4) is 0 Å². The van der Waals surface area contributed by atoms with Gasteiger partial charge in [-0.05, 0) is 55.4 Å². The second-order valence-electron chi connectivity index (χ2n) is 6.73. The Morgan fingerprint density at radius 3 is 2.54 bits per heavy atom. The Labute approximate surface area is 142 Å². The zero-order valence-electron chi connectivity index (χ0n) is 14.3. The Kier molecular flexibility index (Phi) is 4.95. The quantitative estimate of drug-likeness (QED) is 0.841. The summed E-state index contributed by atoms with van der Waals surface area (Å²) in [6.07, 6.45) is 6.63. The van der Waals surface area contributed by atoms with Crippen molar-refractivity contribution in [2.75, 3.05) is 0 Å². The first-order valence-corrected chi connectivity index (χ1v) is 8.62. The first kappa shape index (κ1) is 17.0. The summed E-state index contributed by atoms with van der Waals surface area (Å²) in [5.74, 6) is -2.79. The van der Waals surface area contributed by atoms with Crippen molar-refractivity contribution in [1.82, 2.24) is 10.3 Å². The molecule has 1 aromatic carbocycles. The van der Waals surface area contributed by atoms with Gasteiger partial charge in [0, 0.05) is 31.3 Å². The van der Waals surface area contributed by atoms with E-state index in [1.807, 2.05) is 6.20 Å². The number of alkyl halides is 2. The van der Waals surface area contributed by atoms with Crippen LogP contribution in [-0.4, -0.2) is 4.98 Å². The van der Waals surface area contributed by atoms with Crippen LogP contribution in [0, 0.1) is 0 Å². The predicted octanol–water partition coefficient (Wildman–Crippen LogP) is 4.92. The van der Waals surface area contributed by atoms with E-state index in [2.05, 4.69) is 23.3 Å². The molecule has 0 saturated carbocycles. The van der Waals surface area contributed by atoms with Gasteiger partial charge in [-0.25, -0.2) is 8.78 Å². The molecule has 4 heteroatoms. The largest absolute Gasteiger partial charge is 0.305 e. The molecule has 0 amide bonds. The molecule has 2 nitrogen and oxygen atoms in total. The van der Waals surface area contributed by atoms with Crippen molar-refractivity contribution in [2.24, 2.45) is 0 Å². The van der Waals surface area contributed by atoms with Crippen LogP contribution in [0.2, 0.25) is 0 Å². The molecule has 24 heavy (non-hydrogen) atoms. The van der Waals surface area contributed by atoms with Crippen LogP contribution >= 0.6 is 0 Å². The highest BCUT2D eigenvalue weighted by atomic mass is 19.3. The van der Waals surface area contributed by atoms with E-state index in [0.29, 0.717) is 6.54 Å². The fourth-order valence-electron chi connectivity index (χ4n) is 3.35. The van der Waals surface area contributed by atoms with Crippen LogP contribution < -0.4 is 5.32 Å². The van der Waals surface area contributed by atoms with Gasteiger partial charge in [0.1, 0.15) is 0 Å². The van der Waals surface area contributed by atoms with Gasteiger partial charge in [0.05, 0.1) is 5.69 Å². The molecular weight excluding hydrogens is 306 g/mol. The van der Waals surface area contributed by atoms with Gasteiger partial charge in [0.25, 0.3) is 5.92 Å². The number of aryl methyl sites for hydroxylation is 1. The summed E-state index contributed by atoms with van der Waals surface area (Å²) >= 11 is 0. The van der Waals surface area contributed by atoms with Gasteiger partial charge < -0.3 is 5.32 Å². The number of halogens is 2. The van der Waals surface area contributed by atoms with Gasteiger partial charge >= 0.3 is 0 Å². The fraction of sp³-hybridized carbons (Fsp3) is 0.450. The van der Waals surface area contributed by atoms with E-state index in [0.717, 1.165) is 31.0 Å². The van der Waals surface area contributed by atoms with Gasteiger partial charge in [-0.3, -0.25) is 4.98 Å². The van der Waals surface area contributed by atoms with Crippen molar-refractivity contribution < 1.29 is 8.78 Å². The standard InChI is InChI=1S/C20H24F2N2/c1-14(19-18-6-4-3-5-16(18)11-12-23-19)24-13-15-7-9-17(10-8-15)20(2,21)22/h7-12,14,24H,3-6,13H2,1-2H3. The van der Waals surface area contributed by atoms with Crippen molar-refractivity contribution in [3.8, 4) is 0 Å². The maximum absolute atomic E-state index is 13.3. The summed E-state index contributed by atoms with van der Waals surface area (Å²) in [7, 11) is 0. The third-order valence-electron chi connectivity index (χ3n) is 4.79. The van der Waals surface area contributed by atoms with Crippen molar-refractivity contribution in [1.29, 1.82) is 0 Å². The Morgan fingerprint density at radius 2 is 1.83 bits per heavy atom. The number of fused-ring (bicyclic) bond motifs is 1. The van der Waals surface area contributed by atoms with Gasteiger partial charge in [0.2, 0.25) is 0 Å². The van der Waals surface area contributed by atoms with E-state index in [9.17, 15) is 8.78 Å². The second-order valence-corrected chi connectivity index (χ2v) is 6.73. The molecule has 1 aliphatic rings. The SMILES string of the molecule is CC(NCc1ccc(C(C)(F)F)cc1)c1nccc2c1CCCC2. The summed E-state index contributed by atoms with van der Waals surface area (Å²) in [6.45, 7) is 3.68. The van der Waals surface area contributed by atoms with Crippen LogP contribution in [0.1, 0.15) is 60.7 Å². The third kappa shape index (κ3) is 3.81.